The van der Waals surface area contributed by atoms with Crippen LogP contribution in [0.3, 0.4) is 0 Å². The summed E-state index contributed by atoms with van der Waals surface area (Å²) in [7, 11) is 1.53. The summed E-state index contributed by atoms with van der Waals surface area (Å²) in [6.07, 6.45) is 5.03. The highest BCUT2D eigenvalue weighted by molar-refractivity contribution is 6.31. The Morgan fingerprint density at radius 3 is 2.64 bits per heavy atom. The Kier molecular flexibility index (Phi) is 6.71. The molecule has 0 saturated heterocycles. The molecule has 146 valence electrons. The van der Waals surface area contributed by atoms with Gasteiger partial charge >= 0.3 is 5.97 Å². The zero-order chi connectivity index (χ0) is 19.9. The summed E-state index contributed by atoms with van der Waals surface area (Å²) in [5, 5.41) is 0.501. The third kappa shape index (κ3) is 4.93. The Balaban J connectivity index is 1.75. The minimum Gasteiger partial charge on any atom is -0.496 e. The van der Waals surface area contributed by atoms with Gasteiger partial charge in [0.05, 0.1) is 19.3 Å². The fourth-order valence-electron chi connectivity index (χ4n) is 2.73. The number of nitrogens with zero attached hydrogens (tertiary/aromatic N) is 1. The van der Waals surface area contributed by atoms with Crippen molar-refractivity contribution in [3.05, 3.63) is 64.3 Å². The van der Waals surface area contributed by atoms with Crippen molar-refractivity contribution in [3.63, 3.8) is 0 Å². The maximum absolute atomic E-state index is 12.2. The Hall–Kier alpha value is -2.79. The third-order valence-corrected chi connectivity index (χ3v) is 4.45. The van der Waals surface area contributed by atoms with Crippen molar-refractivity contribution in [2.45, 2.75) is 26.2 Å². The van der Waals surface area contributed by atoms with Gasteiger partial charge in [-0.1, -0.05) is 43.5 Å². The van der Waals surface area contributed by atoms with Crippen molar-refractivity contribution in [1.29, 1.82) is 0 Å². The van der Waals surface area contributed by atoms with E-state index in [4.69, 9.17) is 25.8 Å². The molecule has 1 aliphatic heterocycles. The molecule has 6 heteroatoms. The largest absolute Gasteiger partial charge is 0.496 e. The first-order valence-corrected chi connectivity index (χ1v) is 9.58. The highest BCUT2D eigenvalue weighted by Gasteiger charge is 2.26. The number of rotatable bonds is 8. The molecular weight excluding hydrogens is 378 g/mol. The Labute approximate surface area is 169 Å². The van der Waals surface area contributed by atoms with Gasteiger partial charge in [0, 0.05) is 5.02 Å². The SMILES string of the molecule is CCCCCOc1ccc(/C=C2\N=C(c3cc(Cl)ccc3OC)OC2=O)cc1. The number of ether oxygens (including phenoxy) is 3. The lowest BCUT2D eigenvalue weighted by atomic mass is 10.2. The lowest BCUT2D eigenvalue weighted by molar-refractivity contribution is -0.129. The first-order valence-electron chi connectivity index (χ1n) is 9.20. The van der Waals surface area contributed by atoms with E-state index in [1.165, 1.54) is 7.11 Å². The summed E-state index contributed by atoms with van der Waals surface area (Å²) in [4.78, 5) is 16.5. The van der Waals surface area contributed by atoms with Crippen molar-refractivity contribution in [3.8, 4) is 11.5 Å². The average molecular weight is 400 g/mol. The van der Waals surface area contributed by atoms with Gasteiger partial charge in [0.25, 0.3) is 0 Å². The van der Waals surface area contributed by atoms with Crippen molar-refractivity contribution < 1.29 is 19.0 Å². The fraction of sp³-hybridized carbons (Fsp3) is 0.273. The van der Waals surface area contributed by atoms with Gasteiger partial charge in [-0.15, -0.1) is 0 Å². The van der Waals surface area contributed by atoms with Crippen LogP contribution in [0.4, 0.5) is 0 Å². The summed E-state index contributed by atoms with van der Waals surface area (Å²) >= 11 is 6.05. The van der Waals surface area contributed by atoms with Crippen molar-refractivity contribution >= 4 is 29.5 Å². The van der Waals surface area contributed by atoms with E-state index in [1.807, 2.05) is 24.3 Å². The normalized spacial score (nSPS) is 14.8. The molecule has 0 fully saturated rings. The van der Waals surface area contributed by atoms with Crippen molar-refractivity contribution in [2.75, 3.05) is 13.7 Å². The first-order chi connectivity index (χ1) is 13.6. The van der Waals surface area contributed by atoms with Crippen LogP contribution >= 0.6 is 11.6 Å². The number of aliphatic imine (C=N–C) groups is 1. The van der Waals surface area contributed by atoms with Crippen LogP contribution < -0.4 is 9.47 Å². The van der Waals surface area contributed by atoms with Crippen molar-refractivity contribution in [2.24, 2.45) is 4.99 Å². The predicted molar refractivity (Wildman–Crippen MR) is 110 cm³/mol. The molecule has 0 bridgehead atoms. The quantitative estimate of drug-likeness (QED) is 0.345. The highest BCUT2D eigenvalue weighted by atomic mass is 35.5. The van der Waals surface area contributed by atoms with Crippen LogP contribution in [-0.4, -0.2) is 25.6 Å². The van der Waals surface area contributed by atoms with E-state index in [0.29, 0.717) is 22.9 Å². The van der Waals surface area contributed by atoms with E-state index >= 15 is 0 Å². The molecular formula is C22H22ClNO4. The number of esters is 1. The monoisotopic (exact) mass is 399 g/mol. The molecule has 0 spiro atoms. The summed E-state index contributed by atoms with van der Waals surface area (Å²) in [6.45, 7) is 2.86. The summed E-state index contributed by atoms with van der Waals surface area (Å²) in [5.74, 6) is 0.991. The van der Waals surface area contributed by atoms with Gasteiger partial charge in [-0.25, -0.2) is 9.79 Å². The number of carbonyl (C=O) groups is 1. The lowest BCUT2D eigenvalue weighted by Gasteiger charge is -2.07. The second-order valence-corrected chi connectivity index (χ2v) is 6.74. The van der Waals surface area contributed by atoms with E-state index in [-0.39, 0.29) is 11.6 Å². The lowest BCUT2D eigenvalue weighted by Crippen LogP contribution is -2.07. The molecule has 5 nitrogen and oxygen atoms in total. The standard InChI is InChI=1S/C22H22ClNO4/c1-3-4-5-12-27-17-9-6-15(7-10-17)13-19-22(25)28-21(24-19)18-14-16(23)8-11-20(18)26-2/h6-11,13-14H,3-5,12H2,1-2H3/b19-13-. The smallest absolute Gasteiger partial charge is 0.363 e. The van der Waals surface area contributed by atoms with E-state index in [1.54, 1.807) is 24.3 Å². The van der Waals surface area contributed by atoms with Crippen LogP contribution in [0.5, 0.6) is 11.5 Å². The molecule has 1 heterocycles. The van der Waals surface area contributed by atoms with Gasteiger partial charge in [-0.3, -0.25) is 0 Å². The van der Waals surface area contributed by atoms with Gasteiger partial charge < -0.3 is 14.2 Å². The minimum absolute atomic E-state index is 0.173. The number of unbranched alkanes of at least 4 members (excludes halogenated alkanes) is 2. The molecule has 0 atom stereocenters. The third-order valence-electron chi connectivity index (χ3n) is 4.21. The fourth-order valence-corrected chi connectivity index (χ4v) is 2.90. The molecule has 0 saturated carbocycles. The topological polar surface area (TPSA) is 57.1 Å². The molecule has 28 heavy (non-hydrogen) atoms. The van der Waals surface area contributed by atoms with Crippen LogP contribution in [0, 0.1) is 0 Å². The number of hydrogen-bond donors (Lipinski definition) is 0. The number of hydrogen-bond acceptors (Lipinski definition) is 5. The van der Waals surface area contributed by atoms with Crippen LogP contribution in [0.1, 0.15) is 37.3 Å². The van der Waals surface area contributed by atoms with E-state index < -0.39 is 5.97 Å². The van der Waals surface area contributed by atoms with Gasteiger partial charge in [0.1, 0.15) is 11.5 Å². The second-order valence-electron chi connectivity index (χ2n) is 6.31. The van der Waals surface area contributed by atoms with E-state index in [0.717, 1.165) is 30.6 Å². The molecule has 0 unspecified atom stereocenters. The molecule has 0 aromatic heterocycles. The van der Waals surface area contributed by atoms with Crippen LogP contribution in [-0.2, 0) is 9.53 Å². The molecule has 0 aliphatic carbocycles. The zero-order valence-corrected chi connectivity index (χ0v) is 16.7. The second kappa shape index (κ2) is 9.42. The molecule has 3 rings (SSSR count). The summed E-state index contributed by atoms with van der Waals surface area (Å²) < 4.78 is 16.3. The Morgan fingerprint density at radius 2 is 1.93 bits per heavy atom. The zero-order valence-electron chi connectivity index (χ0n) is 15.9. The van der Waals surface area contributed by atoms with Gasteiger partial charge in [0.2, 0.25) is 5.90 Å². The van der Waals surface area contributed by atoms with Gasteiger partial charge in [-0.05, 0) is 48.4 Å². The number of halogens is 1. The Morgan fingerprint density at radius 1 is 1.14 bits per heavy atom. The predicted octanol–water partition coefficient (Wildman–Crippen LogP) is 5.26. The number of cyclic esters (lactones) is 1. The van der Waals surface area contributed by atoms with E-state index in [9.17, 15) is 4.79 Å². The highest BCUT2D eigenvalue weighted by Crippen LogP contribution is 2.28. The summed E-state index contributed by atoms with van der Waals surface area (Å²) in [6, 6.07) is 12.6. The van der Waals surface area contributed by atoms with Crippen LogP contribution in [0.2, 0.25) is 5.02 Å². The molecule has 0 amide bonds. The number of methoxy groups -OCH3 is 1. The Bertz CT molecular complexity index is 903. The van der Waals surface area contributed by atoms with Gasteiger partial charge in [0.15, 0.2) is 5.70 Å². The summed E-state index contributed by atoms with van der Waals surface area (Å²) in [5.41, 5.74) is 1.58. The minimum atomic E-state index is -0.517. The first kappa shape index (κ1) is 20.0. The van der Waals surface area contributed by atoms with Crippen LogP contribution in [0.25, 0.3) is 6.08 Å². The van der Waals surface area contributed by atoms with Crippen molar-refractivity contribution in [1.82, 2.24) is 0 Å². The molecule has 0 radical (unpaired) electrons. The number of benzene rings is 2. The average Bonchev–Trinajstić information content (AvgIpc) is 3.07. The van der Waals surface area contributed by atoms with Crippen LogP contribution in [0.15, 0.2) is 53.2 Å². The molecule has 2 aromatic rings. The molecule has 0 N–H and O–H groups in total. The van der Waals surface area contributed by atoms with Gasteiger partial charge in [-0.2, -0.15) is 0 Å². The molecule has 1 aliphatic rings. The number of carbonyl (C=O) groups excluding carboxylic acids is 1. The molecule has 2 aromatic carbocycles. The maximum Gasteiger partial charge on any atom is 0.363 e. The van der Waals surface area contributed by atoms with E-state index in [2.05, 4.69) is 11.9 Å². The maximum atomic E-state index is 12.2.